The van der Waals surface area contributed by atoms with Crippen LogP contribution in [0.2, 0.25) is 0 Å². The molecule has 0 aliphatic heterocycles. The monoisotopic (exact) mass is 416 g/mol. The number of hydrogen-bond donors (Lipinski definition) is 1. The molecule has 154 valence electrons. The van der Waals surface area contributed by atoms with Crippen LogP contribution in [0.4, 0.5) is 27.6 Å². The Kier molecular flexibility index (Phi) is 6.82. The van der Waals surface area contributed by atoms with Gasteiger partial charge in [-0.15, -0.1) is 0 Å². The molecular weight excluding hydrogens is 403 g/mol. The van der Waals surface area contributed by atoms with Gasteiger partial charge in [0.1, 0.15) is 11.8 Å². The highest BCUT2D eigenvalue weighted by atomic mass is 19.4. The van der Waals surface area contributed by atoms with Crippen molar-refractivity contribution in [3.8, 4) is 23.3 Å². The first kappa shape index (κ1) is 21.7. The van der Waals surface area contributed by atoms with Crippen molar-refractivity contribution in [1.82, 2.24) is 0 Å². The summed E-state index contributed by atoms with van der Waals surface area (Å²) < 4.78 is 75.4. The molecule has 0 spiro atoms. The molecule has 1 amide bonds. The number of amides is 1. The molecule has 2 aromatic rings. The average Bonchev–Trinajstić information content (AvgIpc) is 2.65. The molecule has 0 aliphatic carbocycles. The average molecular weight is 416 g/mol. The summed E-state index contributed by atoms with van der Waals surface area (Å²) in [5.41, 5.74) is -0.209. The predicted molar refractivity (Wildman–Crippen MR) is 90.3 cm³/mol. The summed E-state index contributed by atoms with van der Waals surface area (Å²) in [6, 6.07) is 8.68. The van der Waals surface area contributed by atoms with E-state index in [1.165, 1.54) is 25.3 Å². The summed E-state index contributed by atoms with van der Waals surface area (Å²) in [5.74, 6) is -1.41. The Morgan fingerprint density at radius 1 is 1.14 bits per heavy atom. The standard InChI is InChI=1S/C18H13F5N2O4/c1-27-14-4-2-10(7-15(14)29-17(19)20)16(26)25-12-3-5-13(11(6-12)8-24)28-9-18(21,22)23/h2-7,17H,9H2,1H3,(H,25,26). The molecule has 0 fully saturated rings. The molecule has 0 saturated heterocycles. The van der Waals surface area contributed by atoms with Crippen LogP contribution in [0.25, 0.3) is 0 Å². The second-order valence-electron chi connectivity index (χ2n) is 5.42. The van der Waals surface area contributed by atoms with Gasteiger partial charge < -0.3 is 19.5 Å². The van der Waals surface area contributed by atoms with E-state index in [1.54, 1.807) is 6.07 Å². The van der Waals surface area contributed by atoms with Gasteiger partial charge in [-0.2, -0.15) is 27.2 Å². The molecule has 6 nitrogen and oxygen atoms in total. The summed E-state index contributed by atoms with van der Waals surface area (Å²) in [6.07, 6.45) is -4.58. The number of benzene rings is 2. The van der Waals surface area contributed by atoms with Crippen LogP contribution >= 0.6 is 0 Å². The maximum absolute atomic E-state index is 12.5. The number of anilines is 1. The van der Waals surface area contributed by atoms with Gasteiger partial charge in [-0.3, -0.25) is 4.79 Å². The van der Waals surface area contributed by atoms with Crippen LogP contribution in [0.3, 0.4) is 0 Å². The van der Waals surface area contributed by atoms with Crippen molar-refractivity contribution in [2.24, 2.45) is 0 Å². The van der Waals surface area contributed by atoms with E-state index < -0.39 is 25.3 Å². The molecule has 0 aromatic heterocycles. The van der Waals surface area contributed by atoms with Gasteiger partial charge in [-0.05, 0) is 36.4 Å². The number of ether oxygens (including phenoxy) is 3. The van der Waals surface area contributed by atoms with Gasteiger partial charge in [0.2, 0.25) is 0 Å². The van der Waals surface area contributed by atoms with Crippen LogP contribution < -0.4 is 19.5 Å². The number of nitrogens with one attached hydrogen (secondary N) is 1. The molecular formula is C18H13F5N2O4. The van der Waals surface area contributed by atoms with Crippen LogP contribution in [0, 0.1) is 11.3 Å². The largest absolute Gasteiger partial charge is 0.493 e. The zero-order chi connectivity index (χ0) is 21.6. The summed E-state index contributed by atoms with van der Waals surface area (Å²) >= 11 is 0. The van der Waals surface area contributed by atoms with E-state index in [-0.39, 0.29) is 34.1 Å². The molecule has 2 rings (SSSR count). The summed E-state index contributed by atoms with van der Waals surface area (Å²) in [5, 5.41) is 11.5. The van der Waals surface area contributed by atoms with E-state index in [9.17, 15) is 26.7 Å². The highest BCUT2D eigenvalue weighted by molar-refractivity contribution is 6.04. The zero-order valence-corrected chi connectivity index (χ0v) is 14.7. The number of hydrogen-bond acceptors (Lipinski definition) is 5. The number of carbonyl (C=O) groups is 1. The molecule has 0 unspecified atom stereocenters. The molecule has 0 saturated carbocycles. The third-order valence-electron chi connectivity index (χ3n) is 3.39. The van der Waals surface area contributed by atoms with Crippen LogP contribution in [-0.2, 0) is 0 Å². The lowest BCUT2D eigenvalue weighted by atomic mass is 10.1. The van der Waals surface area contributed by atoms with Gasteiger partial charge in [0.05, 0.1) is 12.7 Å². The number of nitriles is 1. The Morgan fingerprint density at radius 2 is 1.83 bits per heavy atom. The lowest BCUT2D eigenvalue weighted by molar-refractivity contribution is -0.153. The molecule has 0 heterocycles. The third-order valence-corrected chi connectivity index (χ3v) is 3.39. The fourth-order valence-electron chi connectivity index (χ4n) is 2.19. The van der Waals surface area contributed by atoms with Gasteiger partial charge >= 0.3 is 12.8 Å². The van der Waals surface area contributed by atoms with Crippen LogP contribution in [-0.4, -0.2) is 32.4 Å². The van der Waals surface area contributed by atoms with Crippen LogP contribution in [0.1, 0.15) is 15.9 Å². The van der Waals surface area contributed by atoms with Crippen molar-refractivity contribution in [2.45, 2.75) is 12.8 Å². The van der Waals surface area contributed by atoms with Gasteiger partial charge in [0, 0.05) is 11.3 Å². The molecule has 29 heavy (non-hydrogen) atoms. The van der Waals surface area contributed by atoms with E-state index in [1.807, 2.05) is 0 Å². The van der Waals surface area contributed by atoms with Crippen molar-refractivity contribution in [3.63, 3.8) is 0 Å². The van der Waals surface area contributed by atoms with Crippen molar-refractivity contribution in [3.05, 3.63) is 47.5 Å². The maximum atomic E-state index is 12.5. The highest BCUT2D eigenvalue weighted by Crippen LogP contribution is 2.30. The van der Waals surface area contributed by atoms with Gasteiger partial charge in [-0.1, -0.05) is 0 Å². The normalized spacial score (nSPS) is 11.0. The van der Waals surface area contributed by atoms with E-state index in [0.29, 0.717) is 0 Å². The smallest absolute Gasteiger partial charge is 0.422 e. The third kappa shape index (κ3) is 6.24. The minimum atomic E-state index is -4.58. The summed E-state index contributed by atoms with van der Waals surface area (Å²) in [4.78, 5) is 12.3. The number of halogens is 5. The fourth-order valence-corrected chi connectivity index (χ4v) is 2.19. The summed E-state index contributed by atoms with van der Waals surface area (Å²) in [6.45, 7) is -4.71. The van der Waals surface area contributed by atoms with E-state index >= 15 is 0 Å². The van der Waals surface area contributed by atoms with Crippen molar-refractivity contribution in [2.75, 3.05) is 19.0 Å². The van der Waals surface area contributed by atoms with Gasteiger partial charge in [-0.25, -0.2) is 0 Å². The van der Waals surface area contributed by atoms with Crippen LogP contribution in [0.5, 0.6) is 17.2 Å². The van der Waals surface area contributed by atoms with E-state index in [4.69, 9.17) is 10.00 Å². The number of carbonyl (C=O) groups excluding carboxylic acids is 1. The molecule has 0 aliphatic rings. The molecule has 0 radical (unpaired) electrons. The van der Waals surface area contributed by atoms with Gasteiger partial charge in [0.25, 0.3) is 5.91 Å². The Balaban J connectivity index is 2.19. The second-order valence-corrected chi connectivity index (χ2v) is 5.42. The zero-order valence-electron chi connectivity index (χ0n) is 14.7. The van der Waals surface area contributed by atoms with E-state index in [2.05, 4.69) is 14.8 Å². The predicted octanol–water partition coefficient (Wildman–Crippen LogP) is 4.36. The molecule has 2 aromatic carbocycles. The number of nitrogens with zero attached hydrogens (tertiary/aromatic N) is 1. The van der Waals surface area contributed by atoms with Crippen molar-refractivity contribution in [1.29, 1.82) is 5.26 Å². The van der Waals surface area contributed by atoms with Crippen molar-refractivity contribution < 1.29 is 41.0 Å². The number of methoxy groups -OCH3 is 1. The number of alkyl halides is 5. The Hall–Kier alpha value is -3.55. The quantitative estimate of drug-likeness (QED) is 0.679. The van der Waals surface area contributed by atoms with Crippen LogP contribution in [0.15, 0.2) is 36.4 Å². The number of rotatable bonds is 7. The minimum Gasteiger partial charge on any atom is -0.493 e. The Morgan fingerprint density at radius 3 is 2.41 bits per heavy atom. The molecule has 0 bridgehead atoms. The second kappa shape index (κ2) is 9.09. The summed E-state index contributed by atoms with van der Waals surface area (Å²) in [7, 11) is 1.24. The first-order valence-electron chi connectivity index (χ1n) is 7.81. The first-order valence-corrected chi connectivity index (χ1v) is 7.81. The lowest BCUT2D eigenvalue weighted by Crippen LogP contribution is -2.19. The van der Waals surface area contributed by atoms with Gasteiger partial charge in [0.15, 0.2) is 18.1 Å². The lowest BCUT2D eigenvalue weighted by Gasteiger charge is -2.13. The van der Waals surface area contributed by atoms with Crippen molar-refractivity contribution >= 4 is 11.6 Å². The fraction of sp³-hybridized carbons (Fsp3) is 0.222. The Labute approximate surface area is 161 Å². The van der Waals surface area contributed by atoms with E-state index in [0.717, 1.165) is 18.2 Å². The Bertz CT molecular complexity index is 925. The molecule has 0 atom stereocenters. The SMILES string of the molecule is COc1ccc(C(=O)Nc2ccc(OCC(F)(F)F)c(C#N)c2)cc1OC(F)F. The highest BCUT2D eigenvalue weighted by Gasteiger charge is 2.29. The minimum absolute atomic E-state index is 0.0141. The first-order chi connectivity index (χ1) is 13.6. The molecule has 11 heteroatoms. The molecule has 1 N–H and O–H groups in total. The topological polar surface area (TPSA) is 80.6 Å². The maximum Gasteiger partial charge on any atom is 0.422 e.